The highest BCUT2D eigenvalue weighted by atomic mass is 16.6. The van der Waals surface area contributed by atoms with Crippen molar-refractivity contribution in [2.75, 3.05) is 13.1 Å². The Morgan fingerprint density at radius 3 is 1.43 bits per heavy atom. The van der Waals surface area contributed by atoms with Crippen LogP contribution in [0.5, 0.6) is 0 Å². The van der Waals surface area contributed by atoms with Crippen LogP contribution in [0.25, 0.3) is 0 Å². The zero-order chi connectivity index (χ0) is 32.2. The summed E-state index contributed by atoms with van der Waals surface area (Å²) < 4.78 is 11.2. The molecular formula is C35H47N3O6. The van der Waals surface area contributed by atoms with E-state index in [9.17, 15) is 19.8 Å². The van der Waals surface area contributed by atoms with Gasteiger partial charge in [0.1, 0.15) is 11.2 Å². The molecule has 0 unspecified atom stereocenters. The number of rotatable bonds is 14. The van der Waals surface area contributed by atoms with Gasteiger partial charge in [-0.25, -0.2) is 9.59 Å². The second-order valence-corrected chi connectivity index (χ2v) is 12.4. The summed E-state index contributed by atoms with van der Waals surface area (Å²) in [5.74, 6) is 0. The van der Waals surface area contributed by atoms with Crippen LogP contribution < -0.4 is 16.0 Å². The van der Waals surface area contributed by atoms with E-state index in [0.717, 1.165) is 16.7 Å². The molecular weight excluding hydrogens is 558 g/mol. The van der Waals surface area contributed by atoms with Crippen LogP contribution in [0, 0.1) is 0 Å². The van der Waals surface area contributed by atoms with Gasteiger partial charge in [-0.05, 0) is 64.2 Å². The minimum atomic E-state index is -1.01. The van der Waals surface area contributed by atoms with Crippen LogP contribution in [0.3, 0.4) is 0 Å². The van der Waals surface area contributed by atoms with Gasteiger partial charge in [0, 0.05) is 13.1 Å². The Balaban J connectivity index is 1.64. The summed E-state index contributed by atoms with van der Waals surface area (Å²) >= 11 is 0. The number of hydrogen-bond acceptors (Lipinski definition) is 7. The predicted molar refractivity (Wildman–Crippen MR) is 171 cm³/mol. The lowest BCUT2D eigenvalue weighted by Crippen LogP contribution is -2.53. The molecule has 3 aromatic rings. The summed E-state index contributed by atoms with van der Waals surface area (Å²) in [6.45, 7) is 9.09. The van der Waals surface area contributed by atoms with E-state index in [1.807, 2.05) is 105 Å². The Labute approximate surface area is 261 Å². The first-order valence-corrected chi connectivity index (χ1v) is 15.0. The topological polar surface area (TPSA) is 129 Å². The summed E-state index contributed by atoms with van der Waals surface area (Å²) in [5, 5.41) is 31.0. The normalized spacial score (nSPS) is 14.5. The number of amides is 2. The molecule has 0 heterocycles. The Bertz CT molecular complexity index is 1280. The Hall–Kier alpha value is -3.92. The van der Waals surface area contributed by atoms with E-state index in [2.05, 4.69) is 16.0 Å². The van der Waals surface area contributed by atoms with Crippen LogP contribution in [0.1, 0.15) is 51.3 Å². The van der Waals surface area contributed by atoms with E-state index in [0.29, 0.717) is 12.8 Å². The molecule has 9 heteroatoms. The predicted octanol–water partition coefficient (Wildman–Crippen LogP) is 4.71. The number of aliphatic hydroxyl groups is 2. The van der Waals surface area contributed by atoms with Crippen molar-refractivity contribution in [2.24, 2.45) is 0 Å². The minimum absolute atomic E-state index is 0.0708. The molecule has 0 aromatic heterocycles. The molecule has 238 valence electrons. The number of nitrogens with one attached hydrogen (secondary N) is 3. The van der Waals surface area contributed by atoms with Crippen LogP contribution in [0.15, 0.2) is 91.0 Å². The standard InChI is InChI=1S/C35H47N3O6/c1-34(2,3)43-32(41)37-28(21-25-15-9-6-10-16-25)30(39)23-36-24-31(40)29(22-26-17-11-7-12-18-26)38-33(42)44-35(4,5)27-19-13-8-14-20-27/h6-20,28-31,36,39-40H,21-24H2,1-5H3,(H,37,41)(H,38,42)/t28-,29-,30+,31+/m0/s1. The maximum atomic E-state index is 13.0. The molecule has 0 aliphatic carbocycles. The van der Waals surface area contributed by atoms with Crippen molar-refractivity contribution in [1.82, 2.24) is 16.0 Å². The van der Waals surface area contributed by atoms with Crippen molar-refractivity contribution < 1.29 is 29.3 Å². The number of carbonyl (C=O) groups excluding carboxylic acids is 2. The van der Waals surface area contributed by atoms with Crippen molar-refractivity contribution in [3.8, 4) is 0 Å². The van der Waals surface area contributed by atoms with Gasteiger partial charge >= 0.3 is 12.2 Å². The maximum Gasteiger partial charge on any atom is 0.408 e. The molecule has 4 atom stereocenters. The van der Waals surface area contributed by atoms with E-state index in [1.54, 1.807) is 20.8 Å². The fourth-order valence-corrected chi connectivity index (χ4v) is 4.74. The smallest absolute Gasteiger partial charge is 0.408 e. The molecule has 0 radical (unpaired) electrons. The zero-order valence-electron chi connectivity index (χ0n) is 26.3. The zero-order valence-corrected chi connectivity index (χ0v) is 26.3. The number of alkyl carbamates (subject to hydrolysis) is 2. The average Bonchev–Trinajstić information content (AvgIpc) is 2.96. The third-order valence-electron chi connectivity index (χ3n) is 7.05. The molecule has 0 saturated heterocycles. The molecule has 3 aromatic carbocycles. The lowest BCUT2D eigenvalue weighted by molar-refractivity contribution is 0.0275. The van der Waals surface area contributed by atoms with Gasteiger partial charge in [-0.2, -0.15) is 0 Å². The van der Waals surface area contributed by atoms with Crippen LogP contribution in [0.4, 0.5) is 9.59 Å². The third-order valence-corrected chi connectivity index (χ3v) is 7.05. The molecule has 0 bridgehead atoms. The second-order valence-electron chi connectivity index (χ2n) is 12.4. The molecule has 5 N–H and O–H groups in total. The minimum Gasteiger partial charge on any atom is -0.444 e. The number of benzene rings is 3. The molecule has 9 nitrogen and oxygen atoms in total. The summed E-state index contributed by atoms with van der Waals surface area (Å²) in [7, 11) is 0. The molecule has 3 rings (SSSR count). The molecule has 44 heavy (non-hydrogen) atoms. The number of aliphatic hydroxyl groups excluding tert-OH is 2. The fraction of sp³-hybridized carbons (Fsp3) is 0.429. The largest absolute Gasteiger partial charge is 0.444 e. The van der Waals surface area contributed by atoms with E-state index in [4.69, 9.17) is 9.47 Å². The van der Waals surface area contributed by atoms with Gasteiger partial charge in [0.05, 0.1) is 24.3 Å². The molecule has 2 amide bonds. The van der Waals surface area contributed by atoms with Crippen LogP contribution >= 0.6 is 0 Å². The number of ether oxygens (including phenoxy) is 2. The van der Waals surface area contributed by atoms with Crippen molar-refractivity contribution in [1.29, 1.82) is 0 Å². The van der Waals surface area contributed by atoms with Crippen molar-refractivity contribution in [3.63, 3.8) is 0 Å². The van der Waals surface area contributed by atoms with Gasteiger partial charge in [0.2, 0.25) is 0 Å². The quantitative estimate of drug-likeness (QED) is 0.180. The van der Waals surface area contributed by atoms with E-state index in [1.165, 1.54) is 0 Å². The lowest BCUT2D eigenvalue weighted by Gasteiger charge is -2.30. The molecule has 0 aliphatic rings. The first-order valence-electron chi connectivity index (χ1n) is 15.0. The van der Waals surface area contributed by atoms with Gasteiger partial charge in [-0.15, -0.1) is 0 Å². The van der Waals surface area contributed by atoms with Crippen LogP contribution in [-0.2, 0) is 27.9 Å². The summed E-state index contributed by atoms with van der Waals surface area (Å²) in [4.78, 5) is 25.6. The average molecular weight is 606 g/mol. The molecule has 0 aliphatic heterocycles. The first-order chi connectivity index (χ1) is 20.8. The fourth-order valence-electron chi connectivity index (χ4n) is 4.74. The summed E-state index contributed by atoms with van der Waals surface area (Å²) in [6.07, 6.45) is -2.53. The first kappa shape index (κ1) is 34.6. The van der Waals surface area contributed by atoms with Crippen molar-refractivity contribution in [3.05, 3.63) is 108 Å². The van der Waals surface area contributed by atoms with E-state index < -0.39 is 47.7 Å². The molecule has 0 fully saturated rings. The Kier molecular flexibility index (Phi) is 12.8. The van der Waals surface area contributed by atoms with Gasteiger partial charge in [-0.1, -0.05) is 91.0 Å². The van der Waals surface area contributed by atoms with Crippen LogP contribution in [0.2, 0.25) is 0 Å². The van der Waals surface area contributed by atoms with Gasteiger partial charge < -0.3 is 35.6 Å². The molecule has 0 spiro atoms. The highest BCUT2D eigenvalue weighted by molar-refractivity contribution is 5.69. The lowest BCUT2D eigenvalue weighted by atomic mass is 9.98. The Morgan fingerprint density at radius 2 is 1.02 bits per heavy atom. The highest BCUT2D eigenvalue weighted by Gasteiger charge is 2.29. The monoisotopic (exact) mass is 605 g/mol. The van der Waals surface area contributed by atoms with Gasteiger partial charge in [-0.3, -0.25) is 0 Å². The van der Waals surface area contributed by atoms with Crippen molar-refractivity contribution >= 4 is 12.2 Å². The van der Waals surface area contributed by atoms with E-state index in [-0.39, 0.29) is 13.1 Å². The number of carbonyl (C=O) groups is 2. The van der Waals surface area contributed by atoms with Gasteiger partial charge in [0.25, 0.3) is 0 Å². The Morgan fingerprint density at radius 1 is 0.636 bits per heavy atom. The van der Waals surface area contributed by atoms with Gasteiger partial charge in [0.15, 0.2) is 0 Å². The third kappa shape index (κ3) is 12.0. The second kappa shape index (κ2) is 16.2. The van der Waals surface area contributed by atoms with Crippen molar-refractivity contribution in [2.45, 2.75) is 83.0 Å². The maximum absolute atomic E-state index is 13.0. The molecule has 0 saturated carbocycles. The van der Waals surface area contributed by atoms with Crippen LogP contribution in [-0.4, -0.2) is 65.4 Å². The summed E-state index contributed by atoms with van der Waals surface area (Å²) in [5.41, 5.74) is 1.15. The highest BCUT2D eigenvalue weighted by Crippen LogP contribution is 2.24. The summed E-state index contributed by atoms with van der Waals surface area (Å²) in [6, 6.07) is 27.2. The van der Waals surface area contributed by atoms with E-state index >= 15 is 0 Å². The number of hydrogen-bond donors (Lipinski definition) is 5. The SMILES string of the molecule is CC(C)(C)OC(=O)N[C@@H](Cc1ccccc1)[C@H](O)CNC[C@@H](O)[C@H](Cc1ccccc1)NC(=O)OC(C)(C)c1ccccc1.